The molecule has 6 heteroatoms. The van der Waals surface area contributed by atoms with Crippen molar-refractivity contribution < 1.29 is 17.9 Å². The lowest BCUT2D eigenvalue weighted by molar-refractivity contribution is -0.137. The summed E-state index contributed by atoms with van der Waals surface area (Å²) in [7, 11) is 1.62. The van der Waals surface area contributed by atoms with Gasteiger partial charge in [-0.15, -0.1) is 0 Å². The summed E-state index contributed by atoms with van der Waals surface area (Å²) in [5, 5.41) is 3.17. The van der Waals surface area contributed by atoms with E-state index in [1.165, 1.54) is 6.07 Å². The van der Waals surface area contributed by atoms with Crippen molar-refractivity contribution in [3.05, 3.63) is 59.2 Å². The molecule has 1 aliphatic carbocycles. The van der Waals surface area contributed by atoms with Crippen molar-refractivity contribution in [2.45, 2.75) is 24.7 Å². The van der Waals surface area contributed by atoms with Gasteiger partial charge < -0.3 is 15.8 Å². The second kappa shape index (κ2) is 5.77. The van der Waals surface area contributed by atoms with Crippen molar-refractivity contribution in [3.8, 4) is 0 Å². The summed E-state index contributed by atoms with van der Waals surface area (Å²) < 4.78 is 43.9. The summed E-state index contributed by atoms with van der Waals surface area (Å²) in [6.07, 6.45) is -3.82. The lowest BCUT2D eigenvalue weighted by Gasteiger charge is -2.17. The van der Waals surface area contributed by atoms with Gasteiger partial charge >= 0.3 is 6.18 Å². The molecule has 2 aromatic carbocycles. The highest BCUT2D eigenvalue weighted by molar-refractivity contribution is 5.54. The van der Waals surface area contributed by atoms with Crippen molar-refractivity contribution in [1.29, 1.82) is 0 Å². The maximum Gasteiger partial charge on any atom is 0.416 e. The third kappa shape index (κ3) is 3.12. The monoisotopic (exact) mass is 322 g/mol. The van der Waals surface area contributed by atoms with Crippen LogP contribution in [0.15, 0.2) is 42.5 Å². The number of nitrogens with two attached hydrogens (primary N) is 1. The van der Waals surface area contributed by atoms with Gasteiger partial charge in [0.1, 0.15) is 0 Å². The molecule has 0 amide bonds. The van der Waals surface area contributed by atoms with Gasteiger partial charge in [-0.1, -0.05) is 12.1 Å². The Kier molecular flexibility index (Phi) is 3.93. The molecule has 0 heterocycles. The van der Waals surface area contributed by atoms with Crippen LogP contribution < -0.4 is 11.1 Å². The van der Waals surface area contributed by atoms with Crippen LogP contribution in [0.3, 0.4) is 0 Å². The van der Waals surface area contributed by atoms with E-state index in [1.54, 1.807) is 19.2 Å². The lowest BCUT2D eigenvalue weighted by atomic mass is 10.1. The number of rotatable bonds is 3. The molecule has 2 atom stereocenters. The van der Waals surface area contributed by atoms with Crippen molar-refractivity contribution in [3.63, 3.8) is 0 Å². The van der Waals surface area contributed by atoms with Gasteiger partial charge in [0.2, 0.25) is 0 Å². The van der Waals surface area contributed by atoms with E-state index in [0.717, 1.165) is 23.3 Å². The van der Waals surface area contributed by atoms with E-state index in [4.69, 9.17) is 10.5 Å². The molecule has 0 aromatic heterocycles. The summed E-state index contributed by atoms with van der Waals surface area (Å²) in [6, 6.07) is 10.6. The highest BCUT2D eigenvalue weighted by Crippen LogP contribution is 2.43. The Morgan fingerprint density at radius 2 is 1.91 bits per heavy atom. The molecule has 0 spiro atoms. The minimum atomic E-state index is -4.35. The molecule has 3 N–H and O–H groups in total. The molecule has 23 heavy (non-hydrogen) atoms. The fourth-order valence-corrected chi connectivity index (χ4v) is 3.00. The Bertz CT molecular complexity index is 715. The minimum Gasteiger partial charge on any atom is -0.399 e. The smallest absolute Gasteiger partial charge is 0.399 e. The molecule has 0 saturated heterocycles. The molecule has 0 fully saturated rings. The summed E-state index contributed by atoms with van der Waals surface area (Å²) >= 11 is 0. The van der Waals surface area contributed by atoms with E-state index in [2.05, 4.69) is 5.32 Å². The van der Waals surface area contributed by atoms with E-state index in [1.807, 2.05) is 12.1 Å². The van der Waals surface area contributed by atoms with Gasteiger partial charge in [-0.05, 0) is 41.5 Å². The van der Waals surface area contributed by atoms with Gasteiger partial charge in [0, 0.05) is 24.9 Å². The first kappa shape index (κ1) is 15.7. The topological polar surface area (TPSA) is 47.3 Å². The van der Waals surface area contributed by atoms with Crippen LogP contribution in [0.2, 0.25) is 0 Å². The predicted molar refractivity (Wildman–Crippen MR) is 83.0 cm³/mol. The number of halogens is 3. The number of hydrogen-bond donors (Lipinski definition) is 2. The highest BCUT2D eigenvalue weighted by atomic mass is 19.4. The van der Waals surface area contributed by atoms with E-state index in [9.17, 15) is 13.2 Å². The van der Waals surface area contributed by atoms with Crippen LogP contribution in [0.4, 0.5) is 24.5 Å². The van der Waals surface area contributed by atoms with E-state index < -0.39 is 11.7 Å². The SMILES string of the molecule is COC1CC(Nc2cccc(C(F)(F)F)c2)c2ccc(N)cc21. The van der Waals surface area contributed by atoms with E-state index in [0.29, 0.717) is 17.8 Å². The number of hydrogen-bond acceptors (Lipinski definition) is 3. The van der Waals surface area contributed by atoms with Gasteiger partial charge in [-0.25, -0.2) is 0 Å². The molecule has 2 aromatic rings. The van der Waals surface area contributed by atoms with Crippen molar-refractivity contribution in [1.82, 2.24) is 0 Å². The first-order valence-corrected chi connectivity index (χ1v) is 7.24. The van der Waals surface area contributed by atoms with Crippen LogP contribution in [-0.2, 0) is 10.9 Å². The number of nitrogens with one attached hydrogen (secondary N) is 1. The quantitative estimate of drug-likeness (QED) is 0.816. The van der Waals surface area contributed by atoms with Crippen molar-refractivity contribution >= 4 is 11.4 Å². The molecule has 122 valence electrons. The van der Waals surface area contributed by atoms with Crippen molar-refractivity contribution in [2.24, 2.45) is 0 Å². The molecule has 0 saturated carbocycles. The fourth-order valence-electron chi connectivity index (χ4n) is 3.00. The van der Waals surface area contributed by atoms with Gasteiger partial charge in [0.15, 0.2) is 0 Å². The Morgan fingerprint density at radius 3 is 2.61 bits per heavy atom. The molecular formula is C17H17F3N2O. The van der Waals surface area contributed by atoms with Crippen LogP contribution in [0.25, 0.3) is 0 Å². The number of benzene rings is 2. The Hall–Kier alpha value is -2.21. The lowest BCUT2D eigenvalue weighted by Crippen LogP contribution is -2.10. The molecule has 2 unspecified atom stereocenters. The fraction of sp³-hybridized carbons (Fsp3) is 0.294. The van der Waals surface area contributed by atoms with E-state index >= 15 is 0 Å². The predicted octanol–water partition coefficient (Wildman–Crippen LogP) is 4.53. The Balaban J connectivity index is 1.88. The number of alkyl halides is 3. The normalized spacial score (nSPS) is 20.3. The van der Waals surface area contributed by atoms with Gasteiger partial charge in [0.25, 0.3) is 0 Å². The van der Waals surface area contributed by atoms with Crippen LogP contribution >= 0.6 is 0 Å². The van der Waals surface area contributed by atoms with Crippen LogP contribution in [0, 0.1) is 0 Å². The van der Waals surface area contributed by atoms with Crippen LogP contribution in [-0.4, -0.2) is 7.11 Å². The number of ether oxygens (including phenoxy) is 1. The molecule has 0 radical (unpaired) electrons. The number of nitrogen functional groups attached to an aromatic ring is 1. The zero-order valence-corrected chi connectivity index (χ0v) is 12.5. The molecule has 3 nitrogen and oxygen atoms in total. The first-order valence-electron chi connectivity index (χ1n) is 7.24. The standard InChI is InChI=1S/C17H17F3N2O/c1-23-16-9-15(13-6-5-11(21)8-14(13)16)22-12-4-2-3-10(7-12)17(18,19)20/h2-8,15-16,22H,9,21H2,1H3. The third-order valence-corrected chi connectivity index (χ3v) is 4.10. The Labute approximate surface area is 132 Å². The maximum absolute atomic E-state index is 12.8. The van der Waals surface area contributed by atoms with E-state index in [-0.39, 0.29) is 12.1 Å². The zero-order chi connectivity index (χ0) is 16.6. The molecule has 1 aliphatic rings. The minimum absolute atomic E-state index is 0.112. The van der Waals surface area contributed by atoms with Crippen LogP contribution in [0.1, 0.15) is 35.3 Å². The first-order chi connectivity index (χ1) is 10.9. The second-order valence-corrected chi connectivity index (χ2v) is 5.62. The average Bonchev–Trinajstić information content (AvgIpc) is 2.84. The zero-order valence-electron chi connectivity index (χ0n) is 12.5. The third-order valence-electron chi connectivity index (χ3n) is 4.10. The highest BCUT2D eigenvalue weighted by Gasteiger charge is 2.33. The summed E-state index contributed by atoms with van der Waals surface area (Å²) in [4.78, 5) is 0. The largest absolute Gasteiger partial charge is 0.416 e. The Morgan fingerprint density at radius 1 is 1.13 bits per heavy atom. The maximum atomic E-state index is 12.8. The second-order valence-electron chi connectivity index (χ2n) is 5.62. The number of anilines is 2. The summed E-state index contributed by atoms with van der Waals surface area (Å²) in [5.41, 5.74) is 8.21. The van der Waals surface area contributed by atoms with Gasteiger partial charge in [0.05, 0.1) is 17.7 Å². The average molecular weight is 322 g/mol. The van der Waals surface area contributed by atoms with Gasteiger partial charge in [-0.3, -0.25) is 0 Å². The summed E-state index contributed by atoms with van der Waals surface area (Å²) in [6.45, 7) is 0. The van der Waals surface area contributed by atoms with Crippen LogP contribution in [0.5, 0.6) is 0 Å². The number of fused-ring (bicyclic) bond motifs is 1. The van der Waals surface area contributed by atoms with Gasteiger partial charge in [-0.2, -0.15) is 13.2 Å². The molecule has 3 rings (SSSR count). The molecule has 0 aliphatic heterocycles. The number of methoxy groups -OCH3 is 1. The van der Waals surface area contributed by atoms with Crippen molar-refractivity contribution in [2.75, 3.05) is 18.2 Å². The summed E-state index contributed by atoms with van der Waals surface area (Å²) in [5.74, 6) is 0. The molecular weight excluding hydrogens is 305 g/mol. The molecule has 0 bridgehead atoms.